The zero-order valence-corrected chi connectivity index (χ0v) is 8.93. The van der Waals surface area contributed by atoms with Gasteiger partial charge in [-0.25, -0.2) is 0 Å². The molecule has 0 saturated carbocycles. The summed E-state index contributed by atoms with van der Waals surface area (Å²) in [4.78, 5) is 21.7. The molecule has 1 amide bonds. The monoisotopic (exact) mass is 215 g/mol. The van der Waals surface area contributed by atoms with Crippen molar-refractivity contribution in [2.24, 2.45) is 0 Å². The molecule has 2 N–H and O–H groups in total. The maximum atomic E-state index is 11.2. The summed E-state index contributed by atoms with van der Waals surface area (Å²) in [6, 6.07) is 0. The molecule has 0 bridgehead atoms. The first-order valence-corrected chi connectivity index (χ1v) is 5.02. The van der Waals surface area contributed by atoms with Gasteiger partial charge < -0.3 is 10.4 Å². The second-order valence-electron chi connectivity index (χ2n) is 2.68. The highest BCUT2D eigenvalue weighted by molar-refractivity contribution is 8.01. The van der Waals surface area contributed by atoms with Crippen molar-refractivity contribution in [3.8, 4) is 12.3 Å². The third kappa shape index (κ3) is 4.77. The van der Waals surface area contributed by atoms with E-state index >= 15 is 0 Å². The van der Waals surface area contributed by atoms with Crippen LogP contribution in [-0.4, -0.2) is 34.0 Å². The van der Waals surface area contributed by atoms with E-state index in [9.17, 15) is 9.59 Å². The largest absolute Gasteiger partial charge is 0.480 e. The van der Waals surface area contributed by atoms with E-state index in [-0.39, 0.29) is 12.5 Å². The van der Waals surface area contributed by atoms with E-state index in [0.29, 0.717) is 0 Å². The van der Waals surface area contributed by atoms with Crippen LogP contribution in [0.25, 0.3) is 0 Å². The van der Waals surface area contributed by atoms with Crippen LogP contribution in [0.2, 0.25) is 0 Å². The number of nitrogens with one attached hydrogen (secondary N) is 1. The van der Waals surface area contributed by atoms with Crippen molar-refractivity contribution >= 4 is 23.6 Å². The fraction of sp³-hybridized carbons (Fsp3) is 0.556. The summed E-state index contributed by atoms with van der Waals surface area (Å²) in [6.07, 6.45) is 4.96. The van der Waals surface area contributed by atoms with E-state index in [4.69, 9.17) is 11.5 Å². The number of carboxylic acids is 1. The Balaban J connectivity index is 3.96. The summed E-state index contributed by atoms with van der Waals surface area (Å²) in [7, 11) is 0. The quantitative estimate of drug-likeness (QED) is 0.649. The highest BCUT2D eigenvalue weighted by Gasteiger charge is 2.20. The predicted molar refractivity (Wildman–Crippen MR) is 56.0 cm³/mol. The third-order valence-corrected chi connectivity index (χ3v) is 2.72. The summed E-state index contributed by atoms with van der Waals surface area (Å²) >= 11 is 1.09. The zero-order chi connectivity index (χ0) is 11.1. The van der Waals surface area contributed by atoms with Crippen LogP contribution in [-0.2, 0) is 9.59 Å². The Morgan fingerprint density at radius 1 is 1.50 bits per heavy atom. The molecule has 78 valence electrons. The summed E-state index contributed by atoms with van der Waals surface area (Å²) in [5.41, 5.74) is 0. The Bertz CT molecular complexity index is 259. The maximum Gasteiger partial charge on any atom is 0.316 e. The average Bonchev–Trinajstić information content (AvgIpc) is 2.13. The first-order chi connectivity index (χ1) is 6.49. The topological polar surface area (TPSA) is 66.4 Å². The molecule has 5 heteroatoms. The molecule has 0 spiro atoms. The van der Waals surface area contributed by atoms with Crippen LogP contribution < -0.4 is 5.32 Å². The molecule has 0 aromatic carbocycles. The van der Waals surface area contributed by atoms with E-state index < -0.39 is 16.5 Å². The Kier molecular flexibility index (Phi) is 5.81. The number of aliphatic carboxylic acids is 1. The second kappa shape index (κ2) is 6.33. The van der Waals surface area contributed by atoms with Gasteiger partial charge in [-0.1, -0.05) is 5.92 Å². The molecule has 0 aliphatic carbocycles. The van der Waals surface area contributed by atoms with Crippen LogP contribution in [0.15, 0.2) is 0 Å². The molecular weight excluding hydrogens is 202 g/mol. The highest BCUT2D eigenvalue weighted by atomic mass is 32.2. The molecule has 2 atom stereocenters. The van der Waals surface area contributed by atoms with Crippen LogP contribution in [0, 0.1) is 12.3 Å². The van der Waals surface area contributed by atoms with Gasteiger partial charge in [0.05, 0.1) is 11.8 Å². The second-order valence-corrected chi connectivity index (χ2v) is 4.37. The molecular formula is C9H13NO3S. The van der Waals surface area contributed by atoms with Crippen molar-refractivity contribution in [1.29, 1.82) is 0 Å². The first kappa shape index (κ1) is 12.8. The molecule has 0 radical (unpaired) electrons. The Morgan fingerprint density at radius 2 is 2.07 bits per heavy atom. The van der Waals surface area contributed by atoms with Crippen LogP contribution in [0.1, 0.15) is 13.8 Å². The number of amides is 1. The van der Waals surface area contributed by atoms with Gasteiger partial charge in [-0.15, -0.1) is 18.2 Å². The third-order valence-electron chi connectivity index (χ3n) is 1.49. The normalized spacial score (nSPS) is 13.8. The minimum Gasteiger partial charge on any atom is -0.480 e. The van der Waals surface area contributed by atoms with Gasteiger partial charge in [0.15, 0.2) is 0 Å². The van der Waals surface area contributed by atoms with Gasteiger partial charge in [0.1, 0.15) is 5.25 Å². The number of carbonyl (C=O) groups is 2. The molecule has 0 fully saturated rings. The fourth-order valence-electron chi connectivity index (χ4n) is 0.708. The molecule has 0 heterocycles. The Hall–Kier alpha value is -1.15. The molecule has 0 aliphatic heterocycles. The van der Waals surface area contributed by atoms with Gasteiger partial charge >= 0.3 is 5.97 Å². The van der Waals surface area contributed by atoms with E-state index in [1.54, 1.807) is 6.92 Å². The van der Waals surface area contributed by atoms with E-state index in [1.165, 1.54) is 6.92 Å². The van der Waals surface area contributed by atoms with E-state index in [1.807, 2.05) is 0 Å². The van der Waals surface area contributed by atoms with Crippen molar-refractivity contribution in [2.45, 2.75) is 24.3 Å². The van der Waals surface area contributed by atoms with Crippen molar-refractivity contribution in [1.82, 2.24) is 5.32 Å². The van der Waals surface area contributed by atoms with Gasteiger partial charge in [-0.2, -0.15) is 0 Å². The highest BCUT2D eigenvalue weighted by Crippen LogP contribution is 2.17. The lowest BCUT2D eigenvalue weighted by atomic mass is 10.4. The zero-order valence-electron chi connectivity index (χ0n) is 8.11. The smallest absolute Gasteiger partial charge is 0.316 e. The summed E-state index contributed by atoms with van der Waals surface area (Å²) < 4.78 is 0. The number of hydrogen-bond donors (Lipinski definition) is 2. The number of terminal acetylenes is 1. The number of rotatable bonds is 5. The Morgan fingerprint density at radius 3 is 2.50 bits per heavy atom. The van der Waals surface area contributed by atoms with E-state index in [0.717, 1.165) is 11.8 Å². The minimum absolute atomic E-state index is 0.172. The van der Waals surface area contributed by atoms with Gasteiger partial charge in [0.25, 0.3) is 0 Å². The molecule has 0 aromatic heterocycles. The fourth-order valence-corrected chi connectivity index (χ4v) is 1.64. The van der Waals surface area contributed by atoms with Gasteiger partial charge in [-0.05, 0) is 13.8 Å². The lowest BCUT2D eigenvalue weighted by Gasteiger charge is -2.12. The van der Waals surface area contributed by atoms with Crippen LogP contribution in [0.3, 0.4) is 0 Å². The predicted octanol–water partition coefficient (Wildman–Crippen LogP) is 0.331. The van der Waals surface area contributed by atoms with Crippen LogP contribution in [0.5, 0.6) is 0 Å². The van der Waals surface area contributed by atoms with Crippen LogP contribution in [0.4, 0.5) is 0 Å². The molecule has 0 aromatic rings. The number of carboxylic acid groups (broad SMARTS) is 1. The van der Waals surface area contributed by atoms with Crippen LogP contribution >= 0.6 is 11.8 Å². The molecule has 0 rings (SSSR count). The van der Waals surface area contributed by atoms with Crippen molar-refractivity contribution in [2.75, 3.05) is 6.54 Å². The number of hydrogen-bond acceptors (Lipinski definition) is 3. The first-order valence-electron chi connectivity index (χ1n) is 4.08. The Labute approximate surface area is 87.4 Å². The van der Waals surface area contributed by atoms with Crippen molar-refractivity contribution in [3.63, 3.8) is 0 Å². The van der Waals surface area contributed by atoms with Gasteiger partial charge in [-0.3, -0.25) is 9.59 Å². The molecule has 14 heavy (non-hydrogen) atoms. The maximum absolute atomic E-state index is 11.2. The summed E-state index contributed by atoms with van der Waals surface area (Å²) in [5.74, 6) is 1.11. The SMILES string of the molecule is C#CCNC(=O)C(C)SC(C)C(=O)O. The van der Waals surface area contributed by atoms with Gasteiger partial charge in [0, 0.05) is 0 Å². The van der Waals surface area contributed by atoms with Crippen molar-refractivity contribution in [3.05, 3.63) is 0 Å². The lowest BCUT2D eigenvalue weighted by Crippen LogP contribution is -2.33. The number of thioether (sulfide) groups is 1. The van der Waals surface area contributed by atoms with Crippen molar-refractivity contribution < 1.29 is 14.7 Å². The molecule has 2 unspecified atom stereocenters. The van der Waals surface area contributed by atoms with E-state index in [2.05, 4.69) is 11.2 Å². The molecule has 4 nitrogen and oxygen atoms in total. The molecule has 0 saturated heterocycles. The summed E-state index contributed by atoms with van der Waals surface area (Å²) in [6.45, 7) is 3.36. The van der Waals surface area contributed by atoms with Gasteiger partial charge in [0.2, 0.25) is 5.91 Å². The average molecular weight is 215 g/mol. The standard InChI is InChI=1S/C9H13NO3S/c1-4-5-10-8(11)6(2)14-7(3)9(12)13/h1,6-7H,5H2,2-3H3,(H,10,11)(H,12,13). The number of carbonyl (C=O) groups excluding carboxylic acids is 1. The molecule has 0 aliphatic rings. The minimum atomic E-state index is -0.924. The summed E-state index contributed by atoms with van der Waals surface area (Å²) in [5, 5.41) is 10.1. The lowest BCUT2D eigenvalue weighted by molar-refractivity contribution is -0.136.